The topological polar surface area (TPSA) is 9.23 Å². The van der Waals surface area contributed by atoms with Crippen LogP contribution >= 0.6 is 0 Å². The first-order valence-corrected chi connectivity index (χ1v) is 5.82. The van der Waals surface area contributed by atoms with Gasteiger partial charge in [-0.05, 0) is 0 Å². The maximum absolute atomic E-state index is 4.25. The fourth-order valence-electron chi connectivity index (χ4n) is 1.77. The molecule has 0 unspecified atom stereocenters. The lowest BCUT2D eigenvalue weighted by Gasteiger charge is -2.05. The van der Waals surface area contributed by atoms with Crippen molar-refractivity contribution in [1.29, 1.82) is 0 Å². The minimum Gasteiger partial charge on any atom is -0.388 e. The third-order valence-corrected chi connectivity index (χ3v) is 2.50. The summed E-state index contributed by atoms with van der Waals surface area (Å²) in [7, 11) is 3.25. The number of hydrogen-bond donors (Lipinski definition) is 0. The van der Waals surface area contributed by atoms with Gasteiger partial charge in [0.2, 0.25) is 0 Å². The van der Waals surface area contributed by atoms with E-state index in [4.69, 9.17) is 0 Å². The fourth-order valence-corrected chi connectivity index (χ4v) is 1.77. The molecule has 0 spiro atoms. The molecular formula is C12H26O. The van der Waals surface area contributed by atoms with Crippen LogP contribution in [0.25, 0.3) is 0 Å². The van der Waals surface area contributed by atoms with Gasteiger partial charge in [-0.2, -0.15) is 0 Å². The van der Waals surface area contributed by atoms with Gasteiger partial charge >= 0.3 is 0 Å². The predicted octanol–water partition coefficient (Wildman–Crippen LogP) is 4.16. The lowest BCUT2D eigenvalue weighted by molar-refractivity contribution is 0.277. The van der Waals surface area contributed by atoms with E-state index in [1.807, 2.05) is 0 Å². The zero-order valence-electron chi connectivity index (χ0n) is 9.48. The normalized spacial score (nSPS) is 19.8. The lowest BCUT2D eigenvalue weighted by Crippen LogP contribution is -1.85. The highest BCUT2D eigenvalue weighted by molar-refractivity contribution is 4.51. The van der Waals surface area contributed by atoms with E-state index in [9.17, 15) is 0 Å². The smallest absolute Gasteiger partial charge is 0.0351 e. The molecule has 0 saturated heterocycles. The number of ether oxygens (including phenoxy) is 1. The average Bonchev–Trinajstić information content (AvgIpc) is 2.16. The van der Waals surface area contributed by atoms with E-state index in [-0.39, 0.29) is 0 Å². The van der Waals surface area contributed by atoms with Gasteiger partial charge in [0.1, 0.15) is 0 Å². The van der Waals surface area contributed by atoms with Crippen molar-refractivity contribution in [1.82, 2.24) is 0 Å². The molecule has 1 rings (SSSR count). The Balaban J connectivity index is 0.000000424. The van der Waals surface area contributed by atoms with Gasteiger partial charge in [0.25, 0.3) is 0 Å². The highest BCUT2D eigenvalue weighted by Crippen LogP contribution is 2.15. The van der Waals surface area contributed by atoms with Crippen molar-refractivity contribution in [3.63, 3.8) is 0 Å². The number of hydrogen-bond acceptors (Lipinski definition) is 1. The summed E-state index contributed by atoms with van der Waals surface area (Å²) >= 11 is 0. The molecule has 1 fully saturated rings. The molecule has 0 aliphatic heterocycles. The van der Waals surface area contributed by atoms with E-state index in [1.165, 1.54) is 64.2 Å². The van der Waals surface area contributed by atoms with Gasteiger partial charge in [-0.1, -0.05) is 64.2 Å². The molecule has 0 N–H and O–H groups in total. The molecule has 1 aliphatic carbocycles. The summed E-state index contributed by atoms with van der Waals surface area (Å²) in [5.74, 6) is 0. The third-order valence-electron chi connectivity index (χ3n) is 2.50. The van der Waals surface area contributed by atoms with Crippen molar-refractivity contribution in [3.8, 4) is 0 Å². The quantitative estimate of drug-likeness (QED) is 0.552. The van der Waals surface area contributed by atoms with Crippen LogP contribution in [0.3, 0.4) is 0 Å². The van der Waals surface area contributed by atoms with Gasteiger partial charge < -0.3 is 4.74 Å². The minimum atomic E-state index is 1.50. The molecule has 0 heterocycles. The second kappa shape index (κ2) is 12.0. The number of rotatable bonds is 0. The molecule has 0 amide bonds. The van der Waals surface area contributed by atoms with Crippen molar-refractivity contribution in [2.75, 3.05) is 14.2 Å². The second-order valence-electron chi connectivity index (χ2n) is 3.94. The molecular weight excluding hydrogens is 160 g/mol. The van der Waals surface area contributed by atoms with Crippen LogP contribution in [0.2, 0.25) is 0 Å². The zero-order valence-corrected chi connectivity index (χ0v) is 9.48. The van der Waals surface area contributed by atoms with Crippen LogP contribution in [0.1, 0.15) is 64.2 Å². The van der Waals surface area contributed by atoms with E-state index in [0.29, 0.717) is 0 Å². The largest absolute Gasteiger partial charge is 0.388 e. The Bertz CT molecular complexity index is 48.0. The highest BCUT2D eigenvalue weighted by Gasteiger charge is 1.95. The van der Waals surface area contributed by atoms with Crippen LogP contribution in [0.15, 0.2) is 0 Å². The molecule has 1 nitrogen and oxygen atoms in total. The van der Waals surface area contributed by atoms with Crippen LogP contribution < -0.4 is 0 Å². The van der Waals surface area contributed by atoms with Crippen molar-refractivity contribution in [3.05, 3.63) is 0 Å². The van der Waals surface area contributed by atoms with Gasteiger partial charge in [-0.3, -0.25) is 0 Å². The van der Waals surface area contributed by atoms with Gasteiger partial charge in [0, 0.05) is 14.2 Å². The monoisotopic (exact) mass is 186 g/mol. The Kier molecular flexibility index (Phi) is 11.9. The Morgan fingerprint density at radius 3 is 0.615 bits per heavy atom. The molecule has 1 saturated carbocycles. The molecule has 0 aromatic rings. The van der Waals surface area contributed by atoms with Crippen LogP contribution in [-0.2, 0) is 4.74 Å². The highest BCUT2D eigenvalue weighted by atomic mass is 16.4. The first kappa shape index (κ1) is 13.0. The predicted molar refractivity (Wildman–Crippen MR) is 59.1 cm³/mol. The van der Waals surface area contributed by atoms with Crippen LogP contribution in [-0.4, -0.2) is 14.2 Å². The Labute approximate surface area is 83.9 Å². The van der Waals surface area contributed by atoms with E-state index < -0.39 is 0 Å². The number of methoxy groups -OCH3 is 1. The van der Waals surface area contributed by atoms with E-state index in [1.54, 1.807) is 14.2 Å². The molecule has 13 heavy (non-hydrogen) atoms. The van der Waals surface area contributed by atoms with E-state index in [0.717, 1.165) is 0 Å². The van der Waals surface area contributed by atoms with Gasteiger partial charge in [0.05, 0.1) is 0 Å². The molecule has 1 aliphatic rings. The summed E-state index contributed by atoms with van der Waals surface area (Å²) in [4.78, 5) is 0. The zero-order chi connectivity index (χ0) is 9.78. The Hall–Kier alpha value is -0.0400. The van der Waals surface area contributed by atoms with Crippen molar-refractivity contribution >= 4 is 0 Å². The minimum absolute atomic E-state index is 1.50. The summed E-state index contributed by atoms with van der Waals surface area (Å²) in [6.45, 7) is 0. The van der Waals surface area contributed by atoms with Gasteiger partial charge in [-0.25, -0.2) is 0 Å². The summed E-state index contributed by atoms with van der Waals surface area (Å²) in [5.41, 5.74) is 0. The molecule has 0 aromatic carbocycles. The van der Waals surface area contributed by atoms with E-state index in [2.05, 4.69) is 4.74 Å². The molecule has 1 heteroatoms. The van der Waals surface area contributed by atoms with Crippen molar-refractivity contribution < 1.29 is 4.74 Å². The molecule has 0 radical (unpaired) electrons. The standard InChI is InChI=1S/C10H20.C2H6O/c1-2-4-6-8-10-9-7-5-3-1;1-3-2/h1-10H2;1-2H3. The van der Waals surface area contributed by atoms with Crippen molar-refractivity contribution in [2.45, 2.75) is 64.2 Å². The first-order valence-electron chi connectivity index (χ1n) is 5.82. The second-order valence-corrected chi connectivity index (χ2v) is 3.94. The fraction of sp³-hybridized carbons (Fsp3) is 1.00. The Morgan fingerprint density at radius 1 is 0.462 bits per heavy atom. The Morgan fingerprint density at radius 2 is 0.538 bits per heavy atom. The molecule has 0 aromatic heterocycles. The SMILES string of the molecule is C1CCCCCCCCC1.COC. The van der Waals surface area contributed by atoms with Gasteiger partial charge in [-0.15, -0.1) is 0 Å². The van der Waals surface area contributed by atoms with E-state index >= 15 is 0 Å². The maximum Gasteiger partial charge on any atom is 0.0351 e. The summed E-state index contributed by atoms with van der Waals surface area (Å²) in [5, 5.41) is 0. The van der Waals surface area contributed by atoms with Crippen LogP contribution in [0.5, 0.6) is 0 Å². The summed E-state index contributed by atoms with van der Waals surface area (Å²) < 4.78 is 4.25. The third kappa shape index (κ3) is 12.0. The first-order chi connectivity index (χ1) is 6.41. The molecule has 0 atom stereocenters. The van der Waals surface area contributed by atoms with Crippen molar-refractivity contribution in [2.24, 2.45) is 0 Å². The van der Waals surface area contributed by atoms with Gasteiger partial charge in [0.15, 0.2) is 0 Å². The molecule has 0 bridgehead atoms. The van der Waals surface area contributed by atoms with Crippen LogP contribution in [0.4, 0.5) is 0 Å². The van der Waals surface area contributed by atoms with Crippen LogP contribution in [0, 0.1) is 0 Å². The summed E-state index contributed by atoms with van der Waals surface area (Å²) in [6, 6.07) is 0. The summed E-state index contributed by atoms with van der Waals surface area (Å²) in [6.07, 6.45) is 15.0. The lowest BCUT2D eigenvalue weighted by atomic mass is 10.0. The maximum atomic E-state index is 4.25. The molecule has 80 valence electrons. The average molecular weight is 186 g/mol.